The first kappa shape index (κ1) is 18.6. The summed E-state index contributed by atoms with van der Waals surface area (Å²) in [5.41, 5.74) is 0.389. The third-order valence-corrected chi connectivity index (χ3v) is 4.30. The zero-order valence-electron chi connectivity index (χ0n) is 14.7. The van der Waals surface area contributed by atoms with Gasteiger partial charge in [0.15, 0.2) is 11.5 Å². The molecule has 0 spiro atoms. The van der Waals surface area contributed by atoms with Crippen LogP contribution in [0.15, 0.2) is 36.4 Å². The van der Waals surface area contributed by atoms with Crippen molar-refractivity contribution in [2.24, 2.45) is 11.8 Å². The molecule has 3 rings (SSSR count). The van der Waals surface area contributed by atoms with Crippen LogP contribution in [0.1, 0.15) is 6.42 Å². The molecule has 1 aliphatic rings. The van der Waals surface area contributed by atoms with Crippen molar-refractivity contribution < 1.29 is 27.8 Å². The highest BCUT2D eigenvalue weighted by atomic mass is 19.1. The maximum absolute atomic E-state index is 13.6. The van der Waals surface area contributed by atoms with E-state index in [0.717, 1.165) is 12.1 Å². The van der Waals surface area contributed by atoms with Gasteiger partial charge in [0, 0.05) is 17.8 Å². The van der Waals surface area contributed by atoms with Gasteiger partial charge in [-0.25, -0.2) is 8.78 Å². The molecule has 0 bridgehead atoms. The van der Waals surface area contributed by atoms with Crippen LogP contribution in [0.3, 0.4) is 0 Å². The van der Waals surface area contributed by atoms with E-state index >= 15 is 0 Å². The van der Waals surface area contributed by atoms with Gasteiger partial charge < -0.3 is 20.1 Å². The number of hydrogen-bond acceptors (Lipinski definition) is 4. The van der Waals surface area contributed by atoms with Crippen molar-refractivity contribution in [3.05, 3.63) is 48.0 Å². The Hall–Kier alpha value is -3.16. The smallest absolute Gasteiger partial charge is 0.228 e. The molecule has 2 unspecified atom stereocenters. The van der Waals surface area contributed by atoms with Gasteiger partial charge in [0.05, 0.1) is 31.7 Å². The van der Waals surface area contributed by atoms with Gasteiger partial charge in [-0.3, -0.25) is 9.59 Å². The van der Waals surface area contributed by atoms with Crippen LogP contribution in [0.25, 0.3) is 0 Å². The second-order valence-corrected chi connectivity index (χ2v) is 6.12. The molecule has 1 saturated carbocycles. The summed E-state index contributed by atoms with van der Waals surface area (Å²) < 4.78 is 36.8. The molecule has 0 saturated heterocycles. The van der Waals surface area contributed by atoms with E-state index in [-0.39, 0.29) is 11.6 Å². The Morgan fingerprint density at radius 2 is 1.59 bits per heavy atom. The molecule has 2 amide bonds. The number of carbonyl (C=O) groups is 2. The summed E-state index contributed by atoms with van der Waals surface area (Å²) in [4.78, 5) is 24.5. The molecule has 0 radical (unpaired) electrons. The molecule has 2 aromatic rings. The molecule has 2 atom stereocenters. The van der Waals surface area contributed by atoms with Crippen molar-refractivity contribution in [3.63, 3.8) is 0 Å². The minimum absolute atomic E-state index is 0.118. The van der Waals surface area contributed by atoms with Gasteiger partial charge >= 0.3 is 0 Å². The van der Waals surface area contributed by atoms with E-state index in [1.165, 1.54) is 14.2 Å². The van der Waals surface area contributed by atoms with Gasteiger partial charge in [0.2, 0.25) is 11.8 Å². The highest BCUT2D eigenvalue weighted by Crippen LogP contribution is 2.41. The number of benzene rings is 2. The summed E-state index contributed by atoms with van der Waals surface area (Å²) in [6.07, 6.45) is 0.355. The maximum atomic E-state index is 13.6. The van der Waals surface area contributed by atoms with Gasteiger partial charge in [-0.2, -0.15) is 0 Å². The SMILES string of the molecule is COc1ccc(NC(=O)C2CC2C(=O)Nc2ccc(F)cc2F)cc1OC. The standard InChI is InChI=1S/C19H18F2N2O4/c1-26-16-6-4-11(8-17(16)27-2)22-18(24)12-9-13(12)19(25)23-15-5-3-10(20)7-14(15)21/h3-8,12-13H,9H2,1-2H3,(H,22,24)(H,23,25). The number of amides is 2. The fourth-order valence-electron chi connectivity index (χ4n) is 2.74. The van der Waals surface area contributed by atoms with Gasteiger partial charge in [-0.1, -0.05) is 0 Å². The van der Waals surface area contributed by atoms with Crippen molar-refractivity contribution in [2.75, 3.05) is 24.9 Å². The summed E-state index contributed by atoms with van der Waals surface area (Å²) in [6.45, 7) is 0. The lowest BCUT2D eigenvalue weighted by atomic mass is 10.2. The number of nitrogens with one attached hydrogen (secondary N) is 2. The van der Waals surface area contributed by atoms with Crippen molar-refractivity contribution >= 4 is 23.2 Å². The monoisotopic (exact) mass is 376 g/mol. The average molecular weight is 376 g/mol. The molecular weight excluding hydrogens is 358 g/mol. The van der Waals surface area contributed by atoms with Crippen LogP contribution in [0.4, 0.5) is 20.2 Å². The summed E-state index contributed by atoms with van der Waals surface area (Å²) in [6, 6.07) is 7.80. The molecule has 0 heterocycles. The predicted octanol–water partition coefficient (Wildman–Crippen LogP) is 3.20. The number of carbonyl (C=O) groups excluding carboxylic acids is 2. The number of anilines is 2. The van der Waals surface area contributed by atoms with Crippen LogP contribution in [0.2, 0.25) is 0 Å². The predicted molar refractivity (Wildman–Crippen MR) is 94.8 cm³/mol. The van der Waals surface area contributed by atoms with Gasteiger partial charge in [0.25, 0.3) is 0 Å². The number of ether oxygens (including phenoxy) is 2. The molecule has 8 heteroatoms. The third-order valence-electron chi connectivity index (χ3n) is 4.30. The molecule has 27 heavy (non-hydrogen) atoms. The molecular formula is C19H18F2N2O4. The van der Waals surface area contributed by atoms with E-state index in [9.17, 15) is 18.4 Å². The van der Waals surface area contributed by atoms with Crippen molar-refractivity contribution in [2.45, 2.75) is 6.42 Å². The number of halogens is 2. The topological polar surface area (TPSA) is 76.7 Å². The lowest BCUT2D eigenvalue weighted by molar-refractivity contribution is -0.122. The molecule has 1 aliphatic carbocycles. The van der Waals surface area contributed by atoms with Crippen LogP contribution in [-0.2, 0) is 9.59 Å². The zero-order valence-corrected chi connectivity index (χ0v) is 14.7. The Kier molecular flexibility index (Phi) is 5.25. The summed E-state index contributed by atoms with van der Waals surface area (Å²) >= 11 is 0. The Balaban J connectivity index is 1.59. The summed E-state index contributed by atoms with van der Waals surface area (Å²) in [5.74, 6) is -2.47. The summed E-state index contributed by atoms with van der Waals surface area (Å²) in [5, 5.41) is 5.10. The van der Waals surface area contributed by atoms with E-state index in [0.29, 0.717) is 29.7 Å². The molecule has 1 fully saturated rings. The second-order valence-electron chi connectivity index (χ2n) is 6.12. The minimum atomic E-state index is -0.865. The van der Waals surface area contributed by atoms with Crippen LogP contribution in [0.5, 0.6) is 11.5 Å². The van der Waals surface area contributed by atoms with Crippen molar-refractivity contribution in [1.82, 2.24) is 0 Å². The lowest BCUT2D eigenvalue weighted by Crippen LogP contribution is -2.21. The van der Waals surface area contributed by atoms with Gasteiger partial charge in [-0.15, -0.1) is 0 Å². The van der Waals surface area contributed by atoms with E-state index in [2.05, 4.69) is 10.6 Å². The Bertz CT molecular complexity index is 888. The average Bonchev–Trinajstić information content (AvgIpc) is 3.45. The first-order valence-electron chi connectivity index (χ1n) is 8.21. The van der Waals surface area contributed by atoms with Crippen LogP contribution in [-0.4, -0.2) is 26.0 Å². The maximum Gasteiger partial charge on any atom is 0.228 e. The van der Waals surface area contributed by atoms with Gasteiger partial charge in [0.1, 0.15) is 11.6 Å². The number of methoxy groups -OCH3 is 2. The lowest BCUT2D eigenvalue weighted by Gasteiger charge is -2.10. The Morgan fingerprint density at radius 1 is 0.926 bits per heavy atom. The van der Waals surface area contributed by atoms with E-state index in [4.69, 9.17) is 9.47 Å². The fourth-order valence-corrected chi connectivity index (χ4v) is 2.74. The van der Waals surface area contributed by atoms with Crippen molar-refractivity contribution in [1.29, 1.82) is 0 Å². The van der Waals surface area contributed by atoms with E-state index < -0.39 is 29.4 Å². The molecule has 2 N–H and O–H groups in total. The molecule has 0 aliphatic heterocycles. The first-order valence-corrected chi connectivity index (χ1v) is 8.21. The Labute approximate surface area is 154 Å². The molecule has 142 valence electrons. The summed E-state index contributed by atoms with van der Waals surface area (Å²) in [7, 11) is 2.99. The Morgan fingerprint density at radius 3 is 2.22 bits per heavy atom. The van der Waals surface area contributed by atoms with Crippen molar-refractivity contribution in [3.8, 4) is 11.5 Å². The van der Waals surface area contributed by atoms with Crippen LogP contribution < -0.4 is 20.1 Å². The van der Waals surface area contributed by atoms with Gasteiger partial charge in [-0.05, 0) is 30.7 Å². The minimum Gasteiger partial charge on any atom is -0.493 e. The normalized spacial score (nSPS) is 17.8. The quantitative estimate of drug-likeness (QED) is 0.812. The molecule has 0 aromatic heterocycles. The van der Waals surface area contributed by atoms with Crippen LogP contribution in [0, 0.1) is 23.5 Å². The number of rotatable bonds is 6. The number of hydrogen-bond donors (Lipinski definition) is 2. The highest BCUT2D eigenvalue weighted by Gasteiger charge is 2.48. The molecule has 6 nitrogen and oxygen atoms in total. The fraction of sp³-hybridized carbons (Fsp3) is 0.263. The van der Waals surface area contributed by atoms with Crippen LogP contribution >= 0.6 is 0 Å². The largest absolute Gasteiger partial charge is 0.493 e. The molecule has 2 aromatic carbocycles. The zero-order chi connectivity index (χ0) is 19.6. The third kappa shape index (κ3) is 4.16. The van der Waals surface area contributed by atoms with E-state index in [1.54, 1.807) is 18.2 Å². The van der Waals surface area contributed by atoms with E-state index in [1.807, 2.05) is 0 Å². The first-order chi connectivity index (χ1) is 12.9. The highest BCUT2D eigenvalue weighted by molar-refractivity contribution is 6.03. The second kappa shape index (κ2) is 7.61.